The first-order valence-electron chi connectivity index (χ1n) is 7.43. The molecule has 0 saturated carbocycles. The van der Waals surface area contributed by atoms with Gasteiger partial charge in [0.05, 0.1) is 12.3 Å². The highest BCUT2D eigenvalue weighted by molar-refractivity contribution is 7.15. The lowest BCUT2D eigenvalue weighted by Crippen LogP contribution is -2.47. The zero-order valence-electron chi connectivity index (χ0n) is 11.5. The van der Waals surface area contributed by atoms with E-state index in [9.17, 15) is 0 Å². The Morgan fingerprint density at radius 3 is 2.63 bits per heavy atom. The third-order valence-electron chi connectivity index (χ3n) is 4.14. The highest BCUT2D eigenvalue weighted by atomic mass is 32.1. The van der Waals surface area contributed by atoms with Crippen LogP contribution in [0.1, 0.15) is 29.8 Å². The van der Waals surface area contributed by atoms with E-state index in [4.69, 9.17) is 10.1 Å². The van der Waals surface area contributed by atoms with E-state index in [1.54, 1.807) is 0 Å². The monoisotopic (exact) mass is 281 g/mol. The first kappa shape index (κ1) is 13.3. The molecule has 5 heteroatoms. The maximum Gasteiger partial charge on any atom is 0.185 e. The molecule has 1 aromatic heterocycles. The van der Waals surface area contributed by atoms with Gasteiger partial charge in [-0.05, 0) is 25.7 Å². The molecule has 1 aliphatic heterocycles. The average molecular weight is 281 g/mol. The summed E-state index contributed by atoms with van der Waals surface area (Å²) in [6.07, 6.45) is 6.41. The Labute approximate surface area is 119 Å². The molecule has 0 radical (unpaired) electrons. The van der Waals surface area contributed by atoms with Crippen LogP contribution in [0.15, 0.2) is 0 Å². The number of fused-ring (bicyclic) bond motifs is 1. The van der Waals surface area contributed by atoms with Crippen molar-refractivity contribution in [3.8, 4) is 0 Å². The van der Waals surface area contributed by atoms with Gasteiger partial charge >= 0.3 is 0 Å². The lowest BCUT2D eigenvalue weighted by Gasteiger charge is -2.34. The van der Waals surface area contributed by atoms with Gasteiger partial charge in [-0.15, -0.1) is 11.3 Å². The Bertz CT molecular complexity index is 389. The number of rotatable bonds is 3. The highest BCUT2D eigenvalue weighted by Gasteiger charge is 2.21. The number of aliphatic hydroxyl groups is 1. The van der Waals surface area contributed by atoms with Crippen LogP contribution in [-0.4, -0.2) is 54.3 Å². The lowest BCUT2D eigenvalue weighted by molar-refractivity contribution is 0.189. The second kappa shape index (κ2) is 6.20. The van der Waals surface area contributed by atoms with E-state index < -0.39 is 0 Å². The Balaban J connectivity index is 1.64. The molecule has 1 saturated heterocycles. The van der Waals surface area contributed by atoms with Crippen LogP contribution < -0.4 is 4.90 Å². The molecule has 1 aromatic rings. The normalized spacial score (nSPS) is 21.2. The van der Waals surface area contributed by atoms with Crippen LogP contribution in [0.2, 0.25) is 0 Å². The fraction of sp³-hybridized carbons (Fsp3) is 0.786. The van der Waals surface area contributed by atoms with E-state index in [0.717, 1.165) is 32.7 Å². The standard InChI is InChI=1S/C14H23N3OS/c18-11-10-16-6-8-17(9-7-16)14-15-12-4-2-1-3-5-13(12)19-14/h18H,1-11H2. The largest absolute Gasteiger partial charge is 0.395 e. The molecule has 2 aliphatic rings. The first-order valence-corrected chi connectivity index (χ1v) is 8.25. The number of hydrogen-bond donors (Lipinski definition) is 1. The first-order chi connectivity index (χ1) is 9.36. The van der Waals surface area contributed by atoms with Crippen LogP contribution >= 0.6 is 11.3 Å². The molecule has 0 atom stereocenters. The van der Waals surface area contributed by atoms with Gasteiger partial charge in [-0.3, -0.25) is 4.90 Å². The second-order valence-corrected chi connectivity index (χ2v) is 6.54. The van der Waals surface area contributed by atoms with Gasteiger partial charge < -0.3 is 10.0 Å². The van der Waals surface area contributed by atoms with Crippen molar-refractivity contribution in [1.82, 2.24) is 9.88 Å². The minimum atomic E-state index is 0.269. The predicted octanol–water partition coefficient (Wildman–Crippen LogP) is 1.53. The van der Waals surface area contributed by atoms with Crippen LogP contribution in [0.25, 0.3) is 0 Å². The van der Waals surface area contributed by atoms with Crippen molar-refractivity contribution in [1.29, 1.82) is 0 Å². The third-order valence-corrected chi connectivity index (χ3v) is 5.36. The van der Waals surface area contributed by atoms with Gasteiger partial charge in [0.2, 0.25) is 0 Å². The van der Waals surface area contributed by atoms with Gasteiger partial charge in [-0.2, -0.15) is 0 Å². The van der Waals surface area contributed by atoms with E-state index in [0.29, 0.717) is 0 Å². The summed E-state index contributed by atoms with van der Waals surface area (Å²) in [5.41, 5.74) is 1.37. The molecule has 1 fully saturated rings. The number of hydrogen-bond acceptors (Lipinski definition) is 5. The number of aryl methyl sites for hydroxylation is 2. The molecule has 2 heterocycles. The molecule has 0 amide bonds. The summed E-state index contributed by atoms with van der Waals surface area (Å²) in [4.78, 5) is 11.2. The van der Waals surface area contributed by atoms with Gasteiger partial charge in [-0.25, -0.2) is 4.98 Å². The maximum atomic E-state index is 8.97. The van der Waals surface area contributed by atoms with Crippen molar-refractivity contribution < 1.29 is 5.11 Å². The van der Waals surface area contributed by atoms with Crippen LogP contribution in [0, 0.1) is 0 Å². The molecule has 0 bridgehead atoms. The minimum absolute atomic E-state index is 0.269. The number of aromatic nitrogens is 1. The molecule has 0 aromatic carbocycles. The molecule has 0 unspecified atom stereocenters. The number of thiazole rings is 1. The van der Waals surface area contributed by atoms with Crippen molar-refractivity contribution in [2.75, 3.05) is 44.2 Å². The van der Waals surface area contributed by atoms with E-state index in [2.05, 4.69) is 9.80 Å². The smallest absolute Gasteiger partial charge is 0.185 e. The summed E-state index contributed by atoms with van der Waals surface area (Å²) in [6.45, 7) is 5.27. The van der Waals surface area contributed by atoms with Gasteiger partial charge in [0.15, 0.2) is 5.13 Å². The molecule has 106 valence electrons. The van der Waals surface area contributed by atoms with E-state index in [1.807, 2.05) is 11.3 Å². The maximum absolute atomic E-state index is 8.97. The summed E-state index contributed by atoms with van der Waals surface area (Å²) in [5.74, 6) is 0. The van der Waals surface area contributed by atoms with Crippen molar-refractivity contribution in [3.63, 3.8) is 0 Å². The average Bonchev–Trinajstić information content (AvgIpc) is 2.71. The predicted molar refractivity (Wildman–Crippen MR) is 79.1 cm³/mol. The number of aliphatic hydroxyl groups excluding tert-OH is 1. The van der Waals surface area contributed by atoms with Crippen LogP contribution in [0.3, 0.4) is 0 Å². The lowest BCUT2D eigenvalue weighted by atomic mass is 10.2. The molecule has 4 nitrogen and oxygen atoms in total. The molecule has 3 rings (SSSR count). The van der Waals surface area contributed by atoms with Crippen molar-refractivity contribution in [3.05, 3.63) is 10.6 Å². The Kier molecular flexibility index (Phi) is 4.35. The summed E-state index contributed by atoms with van der Waals surface area (Å²) < 4.78 is 0. The zero-order chi connectivity index (χ0) is 13.1. The molecule has 19 heavy (non-hydrogen) atoms. The topological polar surface area (TPSA) is 39.6 Å². The molecule has 1 aliphatic carbocycles. The summed E-state index contributed by atoms with van der Waals surface area (Å²) in [6, 6.07) is 0. The minimum Gasteiger partial charge on any atom is -0.395 e. The van der Waals surface area contributed by atoms with Crippen LogP contribution in [0.4, 0.5) is 5.13 Å². The molecular formula is C14H23N3OS. The van der Waals surface area contributed by atoms with E-state index >= 15 is 0 Å². The van der Waals surface area contributed by atoms with Gasteiger partial charge in [-0.1, -0.05) is 6.42 Å². The van der Waals surface area contributed by atoms with Crippen LogP contribution in [0.5, 0.6) is 0 Å². The van der Waals surface area contributed by atoms with Gasteiger partial charge in [0, 0.05) is 37.6 Å². The quantitative estimate of drug-likeness (QED) is 0.853. The number of β-amino-alcohol motifs (C(OH)–C–C–N with tert-alkyl or cyclic N) is 1. The zero-order valence-corrected chi connectivity index (χ0v) is 12.3. The fourth-order valence-corrected chi connectivity index (χ4v) is 4.15. The Morgan fingerprint density at radius 1 is 1.05 bits per heavy atom. The number of piperazine rings is 1. The van der Waals surface area contributed by atoms with Gasteiger partial charge in [0.25, 0.3) is 0 Å². The van der Waals surface area contributed by atoms with Crippen LogP contribution in [-0.2, 0) is 12.8 Å². The summed E-state index contributed by atoms with van der Waals surface area (Å²) >= 11 is 1.92. The SMILES string of the molecule is OCCN1CCN(c2nc3c(s2)CCCCC3)CC1. The second-order valence-electron chi connectivity index (χ2n) is 5.48. The van der Waals surface area contributed by atoms with E-state index in [1.165, 1.54) is 47.8 Å². The van der Waals surface area contributed by atoms with Crippen molar-refractivity contribution in [2.45, 2.75) is 32.1 Å². The van der Waals surface area contributed by atoms with Crippen molar-refractivity contribution >= 4 is 16.5 Å². The Hall–Kier alpha value is -0.650. The number of nitrogens with zero attached hydrogens (tertiary/aromatic N) is 3. The third kappa shape index (κ3) is 3.09. The summed E-state index contributed by atoms with van der Waals surface area (Å²) in [5, 5.41) is 10.2. The molecule has 1 N–H and O–H groups in total. The van der Waals surface area contributed by atoms with Gasteiger partial charge in [0.1, 0.15) is 0 Å². The Morgan fingerprint density at radius 2 is 1.84 bits per heavy atom. The molecule has 0 spiro atoms. The summed E-state index contributed by atoms with van der Waals surface area (Å²) in [7, 11) is 0. The highest BCUT2D eigenvalue weighted by Crippen LogP contribution is 2.31. The van der Waals surface area contributed by atoms with Crippen molar-refractivity contribution in [2.24, 2.45) is 0 Å². The fourth-order valence-electron chi connectivity index (χ4n) is 2.95. The molecular weight excluding hydrogens is 258 g/mol. The number of anilines is 1. The van der Waals surface area contributed by atoms with E-state index in [-0.39, 0.29) is 6.61 Å².